The first-order chi connectivity index (χ1) is 12.5. The van der Waals surface area contributed by atoms with Gasteiger partial charge in [0.25, 0.3) is 0 Å². The number of hydrogen-bond acceptors (Lipinski definition) is 5. The molecule has 26 heavy (non-hydrogen) atoms. The largest absolute Gasteiger partial charge is 0.347 e. The summed E-state index contributed by atoms with van der Waals surface area (Å²) in [4.78, 5) is 32.1. The van der Waals surface area contributed by atoms with E-state index >= 15 is 0 Å². The number of thiazole rings is 1. The minimum absolute atomic E-state index is 0.120. The molecule has 0 radical (unpaired) electrons. The van der Waals surface area contributed by atoms with E-state index in [0.29, 0.717) is 0 Å². The minimum atomic E-state index is -0.684. The average molecular weight is 372 g/mol. The molecular weight excluding hydrogens is 348 g/mol. The van der Waals surface area contributed by atoms with Crippen LogP contribution in [0, 0.1) is 6.92 Å². The number of likely N-dealkylation sites (N-methyl/N-ethyl adjacent to an activating group) is 1. The molecule has 1 aromatic heterocycles. The van der Waals surface area contributed by atoms with Gasteiger partial charge in [-0.15, -0.1) is 11.3 Å². The Morgan fingerprint density at radius 3 is 2.58 bits per heavy atom. The van der Waals surface area contributed by atoms with E-state index in [4.69, 9.17) is 0 Å². The van der Waals surface area contributed by atoms with E-state index in [-0.39, 0.29) is 17.9 Å². The summed E-state index contributed by atoms with van der Waals surface area (Å²) in [6.07, 6.45) is 1.78. The molecule has 0 saturated carbocycles. The van der Waals surface area contributed by atoms with Crippen LogP contribution in [0.1, 0.15) is 30.1 Å². The van der Waals surface area contributed by atoms with Crippen molar-refractivity contribution < 1.29 is 9.59 Å². The molecule has 1 aromatic carbocycles. The molecule has 0 aliphatic carbocycles. The molecule has 0 unspecified atom stereocenters. The van der Waals surface area contributed by atoms with E-state index in [1.165, 1.54) is 4.90 Å². The number of nitrogens with zero attached hydrogens (tertiary/aromatic N) is 2. The minimum Gasteiger partial charge on any atom is -0.347 e. The summed E-state index contributed by atoms with van der Waals surface area (Å²) in [6, 6.07) is 6.87. The molecule has 0 bridgehead atoms. The fourth-order valence-corrected chi connectivity index (χ4v) is 3.91. The standard InChI is InChI=1S/C19H24N4O2S/c1-12-17(26-11-21-12)14-8-6-13(7-9-14)16(19(25)23(2)3)22-18(24)15-5-4-10-20-15/h6-9,11,15-16,20H,4-5,10H2,1-3H3,(H,22,24)/t15-,16+/m0/s1. The van der Waals surface area contributed by atoms with Gasteiger partial charge < -0.3 is 15.5 Å². The highest BCUT2D eigenvalue weighted by atomic mass is 32.1. The number of aromatic nitrogens is 1. The van der Waals surface area contributed by atoms with Crippen LogP contribution < -0.4 is 10.6 Å². The van der Waals surface area contributed by atoms with E-state index in [0.717, 1.165) is 41.1 Å². The van der Waals surface area contributed by atoms with Gasteiger partial charge in [0.2, 0.25) is 11.8 Å². The van der Waals surface area contributed by atoms with Crippen LogP contribution in [-0.4, -0.2) is 48.4 Å². The average Bonchev–Trinajstić information content (AvgIpc) is 3.31. The van der Waals surface area contributed by atoms with Crippen LogP contribution in [0.2, 0.25) is 0 Å². The van der Waals surface area contributed by atoms with Gasteiger partial charge in [-0.2, -0.15) is 0 Å². The third-order valence-electron chi connectivity index (χ3n) is 4.60. The number of aryl methyl sites for hydroxylation is 1. The normalized spacial score (nSPS) is 17.7. The van der Waals surface area contributed by atoms with Crippen molar-refractivity contribution in [1.29, 1.82) is 0 Å². The van der Waals surface area contributed by atoms with Gasteiger partial charge in [0.05, 0.1) is 22.1 Å². The predicted molar refractivity (Wildman–Crippen MR) is 103 cm³/mol. The number of amides is 2. The third kappa shape index (κ3) is 3.94. The number of benzene rings is 1. The van der Waals surface area contributed by atoms with E-state index in [1.807, 2.05) is 36.7 Å². The van der Waals surface area contributed by atoms with Gasteiger partial charge in [-0.05, 0) is 37.4 Å². The highest BCUT2D eigenvalue weighted by Crippen LogP contribution is 2.28. The molecule has 3 rings (SSSR count). The van der Waals surface area contributed by atoms with Crippen molar-refractivity contribution in [3.05, 3.63) is 41.0 Å². The Balaban J connectivity index is 1.83. The topological polar surface area (TPSA) is 74.3 Å². The smallest absolute Gasteiger partial charge is 0.249 e. The lowest BCUT2D eigenvalue weighted by Gasteiger charge is -2.24. The lowest BCUT2D eigenvalue weighted by Crippen LogP contribution is -2.46. The van der Waals surface area contributed by atoms with Crippen molar-refractivity contribution in [2.24, 2.45) is 0 Å². The zero-order chi connectivity index (χ0) is 18.7. The zero-order valence-corrected chi connectivity index (χ0v) is 16.1. The summed E-state index contributed by atoms with van der Waals surface area (Å²) in [5.74, 6) is -0.261. The Labute approximate surface area is 157 Å². The fraction of sp³-hybridized carbons (Fsp3) is 0.421. The van der Waals surface area contributed by atoms with Crippen molar-refractivity contribution in [2.75, 3.05) is 20.6 Å². The van der Waals surface area contributed by atoms with E-state index in [9.17, 15) is 9.59 Å². The van der Waals surface area contributed by atoms with Crippen LogP contribution in [0.5, 0.6) is 0 Å². The van der Waals surface area contributed by atoms with Crippen molar-refractivity contribution in [3.63, 3.8) is 0 Å². The quantitative estimate of drug-likeness (QED) is 0.843. The molecule has 2 amide bonds. The Bertz CT molecular complexity index is 779. The zero-order valence-electron chi connectivity index (χ0n) is 15.3. The number of carbonyl (C=O) groups is 2. The lowest BCUT2D eigenvalue weighted by atomic mass is 10.0. The molecule has 2 atom stereocenters. The molecule has 2 N–H and O–H groups in total. The van der Waals surface area contributed by atoms with Crippen LogP contribution >= 0.6 is 11.3 Å². The van der Waals surface area contributed by atoms with Crippen molar-refractivity contribution in [3.8, 4) is 10.4 Å². The molecule has 1 aliphatic heterocycles. The number of rotatable bonds is 5. The molecule has 0 spiro atoms. The van der Waals surface area contributed by atoms with Crippen molar-refractivity contribution in [2.45, 2.75) is 31.8 Å². The second kappa shape index (κ2) is 7.97. The highest BCUT2D eigenvalue weighted by Gasteiger charge is 2.29. The maximum atomic E-state index is 12.6. The maximum Gasteiger partial charge on any atom is 0.249 e. The molecule has 1 fully saturated rings. The molecule has 6 nitrogen and oxygen atoms in total. The van der Waals surface area contributed by atoms with Crippen molar-refractivity contribution in [1.82, 2.24) is 20.5 Å². The Morgan fingerprint density at radius 1 is 1.31 bits per heavy atom. The number of carbonyl (C=O) groups excluding carboxylic acids is 2. The molecular formula is C19H24N4O2S. The van der Waals surface area contributed by atoms with Crippen LogP contribution in [0.3, 0.4) is 0 Å². The van der Waals surface area contributed by atoms with Gasteiger partial charge in [-0.3, -0.25) is 9.59 Å². The van der Waals surface area contributed by atoms with Gasteiger partial charge in [-0.1, -0.05) is 24.3 Å². The number of hydrogen-bond donors (Lipinski definition) is 2. The lowest BCUT2D eigenvalue weighted by molar-refractivity contribution is -0.135. The first-order valence-corrected chi connectivity index (χ1v) is 9.60. The second-order valence-electron chi connectivity index (χ2n) is 6.71. The highest BCUT2D eigenvalue weighted by molar-refractivity contribution is 7.13. The molecule has 138 valence electrons. The van der Waals surface area contributed by atoms with Crippen LogP contribution in [0.4, 0.5) is 0 Å². The first-order valence-electron chi connectivity index (χ1n) is 8.72. The maximum absolute atomic E-state index is 12.6. The molecule has 1 aliphatic rings. The van der Waals surface area contributed by atoms with Crippen LogP contribution in [0.25, 0.3) is 10.4 Å². The SMILES string of the molecule is Cc1ncsc1-c1ccc([C@@H](NC(=O)[C@@H]2CCCN2)C(=O)N(C)C)cc1. The van der Waals surface area contributed by atoms with E-state index < -0.39 is 6.04 Å². The Kier molecular flexibility index (Phi) is 5.68. The van der Waals surface area contributed by atoms with Gasteiger partial charge in [0.15, 0.2) is 0 Å². The number of nitrogens with one attached hydrogen (secondary N) is 2. The van der Waals surface area contributed by atoms with E-state index in [2.05, 4.69) is 15.6 Å². The fourth-order valence-electron chi connectivity index (χ4n) is 3.10. The summed E-state index contributed by atoms with van der Waals surface area (Å²) in [5.41, 5.74) is 4.66. The molecule has 2 aromatic rings. The van der Waals surface area contributed by atoms with Crippen molar-refractivity contribution >= 4 is 23.2 Å². The Morgan fingerprint density at radius 2 is 2.04 bits per heavy atom. The second-order valence-corrected chi connectivity index (χ2v) is 7.57. The van der Waals surface area contributed by atoms with Gasteiger partial charge >= 0.3 is 0 Å². The predicted octanol–water partition coefficient (Wildman–Crippen LogP) is 2.12. The summed E-state index contributed by atoms with van der Waals surface area (Å²) in [7, 11) is 3.40. The first kappa shape index (κ1) is 18.5. The van der Waals surface area contributed by atoms with E-state index in [1.54, 1.807) is 25.4 Å². The summed E-state index contributed by atoms with van der Waals surface area (Å²) in [6.45, 7) is 2.82. The monoisotopic (exact) mass is 372 g/mol. The molecule has 7 heteroatoms. The summed E-state index contributed by atoms with van der Waals surface area (Å²) < 4.78 is 0. The summed E-state index contributed by atoms with van der Waals surface area (Å²) in [5, 5.41) is 6.09. The van der Waals surface area contributed by atoms with Gasteiger partial charge in [0, 0.05) is 14.1 Å². The Hall–Kier alpha value is -2.25. The van der Waals surface area contributed by atoms with Crippen LogP contribution in [0.15, 0.2) is 29.8 Å². The van der Waals surface area contributed by atoms with Crippen LogP contribution in [-0.2, 0) is 9.59 Å². The van der Waals surface area contributed by atoms with Gasteiger partial charge in [-0.25, -0.2) is 4.98 Å². The van der Waals surface area contributed by atoms with Gasteiger partial charge in [0.1, 0.15) is 6.04 Å². The summed E-state index contributed by atoms with van der Waals surface area (Å²) >= 11 is 1.59. The molecule has 1 saturated heterocycles. The molecule has 2 heterocycles. The third-order valence-corrected chi connectivity index (χ3v) is 5.58.